The largest absolute Gasteiger partial charge is 0.369 e. The molecule has 0 aromatic heterocycles. The van der Waals surface area contributed by atoms with Crippen LogP contribution in [0.4, 0.5) is 10.1 Å². The van der Waals surface area contributed by atoms with Gasteiger partial charge in [0.15, 0.2) is 0 Å². The van der Waals surface area contributed by atoms with Crippen molar-refractivity contribution in [2.24, 2.45) is 0 Å². The Hall–Kier alpha value is -1.96. The summed E-state index contributed by atoms with van der Waals surface area (Å²) in [6.45, 7) is 5.11. The van der Waals surface area contributed by atoms with E-state index in [1.807, 2.05) is 6.07 Å². The Morgan fingerprint density at radius 3 is 2.30 bits per heavy atom. The fourth-order valence-corrected chi connectivity index (χ4v) is 4.47. The number of benzene rings is 2. The summed E-state index contributed by atoms with van der Waals surface area (Å²) < 4.78 is 40.4. The zero-order valence-electron chi connectivity index (χ0n) is 15.4. The maximum absolute atomic E-state index is 13.6. The molecular formula is C20H26FN3O2S. The topological polar surface area (TPSA) is 52.7 Å². The minimum atomic E-state index is -3.52. The van der Waals surface area contributed by atoms with Crippen molar-refractivity contribution in [3.05, 3.63) is 66.0 Å². The zero-order valence-corrected chi connectivity index (χ0v) is 16.2. The summed E-state index contributed by atoms with van der Waals surface area (Å²) >= 11 is 0. The van der Waals surface area contributed by atoms with Crippen molar-refractivity contribution in [1.82, 2.24) is 9.62 Å². The van der Waals surface area contributed by atoms with E-state index < -0.39 is 15.8 Å². The summed E-state index contributed by atoms with van der Waals surface area (Å²) in [6.07, 6.45) is 0.738. The van der Waals surface area contributed by atoms with Gasteiger partial charge >= 0.3 is 0 Å². The first-order chi connectivity index (χ1) is 13.0. The third-order valence-corrected chi connectivity index (χ3v) is 6.11. The maximum Gasteiger partial charge on any atom is 0.215 e. The maximum atomic E-state index is 13.6. The van der Waals surface area contributed by atoms with Crippen LogP contribution < -0.4 is 9.62 Å². The molecule has 1 N–H and O–H groups in total. The second kappa shape index (κ2) is 9.30. The number of nitrogens with one attached hydrogen (secondary N) is 1. The Morgan fingerprint density at radius 2 is 1.59 bits per heavy atom. The molecule has 1 fully saturated rings. The van der Waals surface area contributed by atoms with Crippen LogP contribution in [0.25, 0.3) is 0 Å². The molecular weight excluding hydrogens is 365 g/mol. The summed E-state index contributed by atoms with van der Waals surface area (Å²) in [5.41, 5.74) is 1.44. The average molecular weight is 392 g/mol. The molecule has 0 unspecified atom stereocenters. The molecule has 0 radical (unpaired) electrons. The molecule has 7 heteroatoms. The number of rotatable bonds is 8. The molecule has 27 heavy (non-hydrogen) atoms. The van der Waals surface area contributed by atoms with Crippen LogP contribution in [0.15, 0.2) is 54.6 Å². The summed E-state index contributed by atoms with van der Waals surface area (Å²) in [5, 5.41) is 0. The van der Waals surface area contributed by atoms with Crippen molar-refractivity contribution in [3.8, 4) is 0 Å². The Kier molecular flexibility index (Phi) is 6.82. The highest BCUT2D eigenvalue weighted by atomic mass is 32.2. The lowest BCUT2D eigenvalue weighted by Gasteiger charge is -2.36. The van der Waals surface area contributed by atoms with E-state index in [4.69, 9.17) is 0 Å². The van der Waals surface area contributed by atoms with Crippen LogP contribution in [0.3, 0.4) is 0 Å². The first kappa shape index (κ1) is 19.8. The smallest absolute Gasteiger partial charge is 0.215 e. The molecule has 0 atom stereocenters. The van der Waals surface area contributed by atoms with E-state index in [0.29, 0.717) is 6.54 Å². The Labute approximate surface area is 160 Å². The van der Waals surface area contributed by atoms with Crippen LogP contribution in [0.5, 0.6) is 0 Å². The number of hydrogen-bond acceptors (Lipinski definition) is 4. The quantitative estimate of drug-likeness (QED) is 0.703. The number of nitrogens with zero attached hydrogens (tertiary/aromatic N) is 2. The van der Waals surface area contributed by atoms with Crippen molar-refractivity contribution in [3.63, 3.8) is 0 Å². The molecule has 3 rings (SSSR count). The van der Waals surface area contributed by atoms with Gasteiger partial charge in [0.05, 0.1) is 5.75 Å². The monoisotopic (exact) mass is 391 g/mol. The number of piperazine rings is 1. The van der Waals surface area contributed by atoms with Gasteiger partial charge in [-0.15, -0.1) is 0 Å². The summed E-state index contributed by atoms with van der Waals surface area (Å²) in [7, 11) is -3.52. The molecule has 0 bridgehead atoms. The van der Waals surface area contributed by atoms with Gasteiger partial charge < -0.3 is 4.90 Å². The first-order valence-corrected chi connectivity index (χ1v) is 10.9. The molecule has 1 aliphatic heterocycles. The second-order valence-electron chi connectivity index (χ2n) is 6.76. The lowest BCUT2D eigenvalue weighted by atomic mass is 10.2. The molecule has 0 aliphatic carbocycles. The van der Waals surface area contributed by atoms with Crippen molar-refractivity contribution >= 4 is 15.7 Å². The summed E-state index contributed by atoms with van der Waals surface area (Å²) in [4.78, 5) is 4.72. The SMILES string of the molecule is O=S(=O)(Cc1ccccc1F)NCCCN1CCN(c2ccccc2)CC1. The van der Waals surface area contributed by atoms with Crippen LogP contribution in [0.2, 0.25) is 0 Å². The highest BCUT2D eigenvalue weighted by Crippen LogP contribution is 2.15. The van der Waals surface area contributed by atoms with Gasteiger partial charge in [0.25, 0.3) is 0 Å². The zero-order chi connectivity index (χ0) is 19.1. The van der Waals surface area contributed by atoms with Gasteiger partial charge in [0.1, 0.15) is 5.82 Å². The second-order valence-corrected chi connectivity index (χ2v) is 8.57. The van der Waals surface area contributed by atoms with Crippen LogP contribution in [0, 0.1) is 5.82 Å². The standard InChI is InChI=1S/C20H26FN3O2S/c21-20-10-5-4-7-18(20)17-27(25,26)22-11-6-12-23-13-15-24(16-14-23)19-8-2-1-3-9-19/h1-5,7-10,22H,6,11-17H2. The van der Waals surface area contributed by atoms with Crippen molar-refractivity contribution in [2.75, 3.05) is 44.2 Å². The normalized spacial score (nSPS) is 15.8. The first-order valence-electron chi connectivity index (χ1n) is 9.27. The van der Waals surface area contributed by atoms with E-state index in [-0.39, 0.29) is 11.3 Å². The Balaban J connectivity index is 1.36. The van der Waals surface area contributed by atoms with E-state index in [2.05, 4.69) is 38.8 Å². The van der Waals surface area contributed by atoms with Gasteiger partial charge in [-0.25, -0.2) is 17.5 Å². The fraction of sp³-hybridized carbons (Fsp3) is 0.400. The fourth-order valence-electron chi connectivity index (χ4n) is 3.27. The molecule has 0 saturated carbocycles. The molecule has 146 valence electrons. The van der Waals surface area contributed by atoms with Gasteiger partial charge in [-0.05, 0) is 31.2 Å². The number of anilines is 1. The van der Waals surface area contributed by atoms with Crippen LogP contribution >= 0.6 is 0 Å². The Bertz CT molecular complexity index is 822. The van der Waals surface area contributed by atoms with Crippen molar-refractivity contribution < 1.29 is 12.8 Å². The van der Waals surface area contributed by atoms with Crippen LogP contribution in [-0.2, 0) is 15.8 Å². The summed E-state index contributed by atoms with van der Waals surface area (Å²) in [5.74, 6) is -0.811. The number of sulfonamides is 1. The van der Waals surface area contributed by atoms with E-state index >= 15 is 0 Å². The molecule has 1 heterocycles. The molecule has 5 nitrogen and oxygen atoms in total. The van der Waals surface area contributed by atoms with Gasteiger partial charge in [-0.1, -0.05) is 36.4 Å². The molecule has 1 saturated heterocycles. The molecule has 2 aromatic carbocycles. The lowest BCUT2D eigenvalue weighted by molar-refractivity contribution is 0.255. The van der Waals surface area contributed by atoms with E-state index in [0.717, 1.165) is 39.1 Å². The van der Waals surface area contributed by atoms with E-state index in [1.54, 1.807) is 12.1 Å². The van der Waals surface area contributed by atoms with Crippen molar-refractivity contribution in [2.45, 2.75) is 12.2 Å². The van der Waals surface area contributed by atoms with E-state index in [9.17, 15) is 12.8 Å². The third kappa shape index (κ3) is 6.02. The van der Waals surface area contributed by atoms with Gasteiger partial charge in [0.2, 0.25) is 10.0 Å². The molecule has 0 amide bonds. The van der Waals surface area contributed by atoms with E-state index in [1.165, 1.54) is 17.8 Å². The minimum absolute atomic E-state index is 0.196. The van der Waals surface area contributed by atoms with Gasteiger partial charge in [-0.3, -0.25) is 4.90 Å². The highest BCUT2D eigenvalue weighted by molar-refractivity contribution is 7.88. The number of para-hydroxylation sites is 1. The molecule has 0 spiro atoms. The average Bonchev–Trinajstić information content (AvgIpc) is 2.68. The molecule has 1 aliphatic rings. The lowest BCUT2D eigenvalue weighted by Crippen LogP contribution is -2.47. The van der Waals surface area contributed by atoms with Crippen molar-refractivity contribution in [1.29, 1.82) is 0 Å². The number of halogens is 1. The number of hydrogen-bond donors (Lipinski definition) is 1. The Morgan fingerprint density at radius 1 is 0.926 bits per heavy atom. The van der Waals surface area contributed by atoms with Crippen LogP contribution in [-0.4, -0.2) is 52.6 Å². The third-order valence-electron chi connectivity index (χ3n) is 4.77. The minimum Gasteiger partial charge on any atom is -0.369 e. The van der Waals surface area contributed by atoms with Gasteiger partial charge in [0, 0.05) is 44.0 Å². The highest BCUT2D eigenvalue weighted by Gasteiger charge is 2.17. The van der Waals surface area contributed by atoms with Gasteiger partial charge in [-0.2, -0.15) is 0 Å². The molecule has 2 aromatic rings. The predicted octanol–water partition coefficient (Wildman–Crippen LogP) is 2.46. The predicted molar refractivity (Wildman–Crippen MR) is 107 cm³/mol. The summed E-state index contributed by atoms with van der Waals surface area (Å²) in [6, 6.07) is 16.3. The van der Waals surface area contributed by atoms with Crippen LogP contribution in [0.1, 0.15) is 12.0 Å².